The molecule has 0 nitrogen and oxygen atoms in total. The fourth-order valence-corrected chi connectivity index (χ4v) is 4.71. The van der Waals surface area contributed by atoms with Crippen LogP contribution in [0, 0.1) is 0 Å². The zero-order chi connectivity index (χ0) is 17.7. The molecular formula is C16H11F5S3. The van der Waals surface area contributed by atoms with Crippen LogP contribution in [-0.2, 0) is 0 Å². The van der Waals surface area contributed by atoms with Gasteiger partial charge in [-0.25, -0.2) is 0 Å². The summed E-state index contributed by atoms with van der Waals surface area (Å²) in [4.78, 5) is 1.83. The van der Waals surface area contributed by atoms with Crippen molar-refractivity contribution >= 4 is 39.0 Å². The average Bonchev–Trinajstić information content (AvgIpc) is 3.14. The molecule has 0 aliphatic heterocycles. The summed E-state index contributed by atoms with van der Waals surface area (Å²) in [6, 6.07) is 10.5. The molecule has 1 aromatic carbocycles. The maximum absolute atomic E-state index is 12.7. The molecule has 0 saturated carbocycles. The summed E-state index contributed by atoms with van der Waals surface area (Å²) in [5, 5.41) is 0. The van der Waals surface area contributed by atoms with Gasteiger partial charge in [0, 0.05) is 19.5 Å². The fourth-order valence-electron chi connectivity index (χ4n) is 2.10. The van der Waals surface area contributed by atoms with E-state index in [2.05, 4.69) is 6.58 Å². The first-order valence-corrected chi connectivity index (χ1v) is 10.2. The Kier molecular flexibility index (Phi) is 3.53. The van der Waals surface area contributed by atoms with Crippen LogP contribution >= 0.6 is 32.9 Å². The molecule has 0 bridgehead atoms. The van der Waals surface area contributed by atoms with E-state index >= 15 is 0 Å². The summed E-state index contributed by atoms with van der Waals surface area (Å²) < 4.78 is 63.7. The molecule has 8 heteroatoms. The molecule has 0 aliphatic rings. The number of benzene rings is 1. The van der Waals surface area contributed by atoms with Crippen molar-refractivity contribution in [1.82, 2.24) is 0 Å². The van der Waals surface area contributed by atoms with Crippen LogP contribution in [0.3, 0.4) is 0 Å². The summed E-state index contributed by atoms with van der Waals surface area (Å²) >= 11 is 2.94. The van der Waals surface area contributed by atoms with E-state index in [0.717, 1.165) is 26.8 Å². The highest BCUT2D eigenvalue weighted by Crippen LogP contribution is 3.02. The summed E-state index contributed by atoms with van der Waals surface area (Å²) in [7, 11) is -9.62. The number of thiophene rings is 2. The molecule has 0 atom stereocenters. The second-order valence-corrected chi connectivity index (χ2v) is 9.67. The summed E-state index contributed by atoms with van der Waals surface area (Å²) in [5.74, 6) is 0. The van der Waals surface area contributed by atoms with Gasteiger partial charge in [-0.2, -0.15) is 0 Å². The standard InChI is InChI=1S/C16H11F5S3/c1-2-12-5-8-15(22-12)16-10-9-14(23-16)11-3-6-13(7-4-11)24(17,18,19,20)21/h2-10H,1H2. The number of halogens is 5. The van der Waals surface area contributed by atoms with E-state index in [-0.39, 0.29) is 0 Å². The van der Waals surface area contributed by atoms with Crippen molar-refractivity contribution in [2.45, 2.75) is 4.90 Å². The van der Waals surface area contributed by atoms with Crippen molar-refractivity contribution < 1.29 is 19.4 Å². The molecular weight excluding hydrogens is 383 g/mol. The van der Waals surface area contributed by atoms with Crippen LogP contribution in [0.25, 0.3) is 26.3 Å². The van der Waals surface area contributed by atoms with E-state index in [1.807, 2.05) is 18.2 Å². The van der Waals surface area contributed by atoms with Gasteiger partial charge in [0.1, 0.15) is 4.90 Å². The van der Waals surface area contributed by atoms with Crippen LogP contribution in [0.2, 0.25) is 0 Å². The minimum absolute atomic E-state index is 0.442. The minimum atomic E-state index is -9.62. The van der Waals surface area contributed by atoms with Crippen molar-refractivity contribution in [3.63, 3.8) is 0 Å². The van der Waals surface area contributed by atoms with Gasteiger partial charge in [-0.3, -0.25) is 0 Å². The van der Waals surface area contributed by atoms with Crippen molar-refractivity contribution in [3.05, 3.63) is 60.0 Å². The SMILES string of the molecule is C=Cc1ccc(-c2ccc(-c3ccc(S(F)(F)(F)(F)F)cc3)s2)s1. The van der Waals surface area contributed by atoms with Gasteiger partial charge in [-0.1, -0.05) is 44.2 Å². The highest BCUT2D eigenvalue weighted by atomic mass is 32.5. The van der Waals surface area contributed by atoms with Gasteiger partial charge < -0.3 is 0 Å². The maximum atomic E-state index is 12.7. The normalized spacial score (nSPS) is 14.9. The predicted octanol–water partition coefficient (Wildman–Crippen LogP) is 8.44. The Morgan fingerprint density at radius 2 is 1.25 bits per heavy atom. The van der Waals surface area contributed by atoms with E-state index in [1.165, 1.54) is 11.3 Å². The van der Waals surface area contributed by atoms with Crippen molar-refractivity contribution in [3.8, 4) is 20.2 Å². The van der Waals surface area contributed by atoms with E-state index in [4.69, 9.17) is 0 Å². The van der Waals surface area contributed by atoms with E-state index in [0.29, 0.717) is 22.6 Å². The Labute approximate surface area is 143 Å². The summed E-state index contributed by atoms with van der Waals surface area (Å²) in [5.41, 5.74) is 0.470. The fraction of sp³-hybridized carbons (Fsp3) is 0. The predicted molar refractivity (Wildman–Crippen MR) is 94.6 cm³/mol. The lowest BCUT2D eigenvalue weighted by molar-refractivity contribution is 0.364. The lowest BCUT2D eigenvalue weighted by Gasteiger charge is -2.40. The third-order valence-corrected chi connectivity index (χ3v) is 6.84. The number of hydrogen-bond donors (Lipinski definition) is 0. The molecule has 0 unspecified atom stereocenters. The Morgan fingerprint density at radius 3 is 1.79 bits per heavy atom. The smallest absolute Gasteiger partial charge is 0.135 e. The molecule has 0 saturated heterocycles. The second kappa shape index (κ2) is 4.93. The first-order chi connectivity index (χ1) is 11.0. The topological polar surface area (TPSA) is 0 Å². The van der Waals surface area contributed by atoms with E-state index in [9.17, 15) is 19.4 Å². The lowest BCUT2D eigenvalue weighted by atomic mass is 10.2. The van der Waals surface area contributed by atoms with E-state index < -0.39 is 15.1 Å². The minimum Gasteiger partial charge on any atom is -0.135 e. The molecule has 128 valence electrons. The van der Waals surface area contributed by atoms with Gasteiger partial charge in [-0.15, -0.1) is 22.7 Å². The molecule has 2 heterocycles. The largest absolute Gasteiger partial charge is 0.310 e. The highest BCUT2D eigenvalue weighted by molar-refractivity contribution is 8.45. The number of rotatable bonds is 4. The molecule has 0 amide bonds. The molecule has 0 radical (unpaired) electrons. The van der Waals surface area contributed by atoms with Crippen molar-refractivity contribution in [1.29, 1.82) is 0 Å². The molecule has 0 aliphatic carbocycles. The Bertz CT molecular complexity index is 902. The van der Waals surface area contributed by atoms with Gasteiger partial charge in [0.15, 0.2) is 0 Å². The quantitative estimate of drug-likeness (QED) is 0.389. The first kappa shape index (κ1) is 17.2. The van der Waals surface area contributed by atoms with Crippen molar-refractivity contribution in [2.24, 2.45) is 0 Å². The third kappa shape index (κ3) is 3.55. The molecule has 24 heavy (non-hydrogen) atoms. The van der Waals surface area contributed by atoms with Crippen LogP contribution in [-0.4, -0.2) is 0 Å². The maximum Gasteiger partial charge on any atom is 0.310 e. The second-order valence-electron chi connectivity index (χ2n) is 5.06. The average molecular weight is 394 g/mol. The van der Waals surface area contributed by atoms with Gasteiger partial charge in [-0.05, 0) is 42.0 Å². The van der Waals surface area contributed by atoms with Gasteiger partial charge >= 0.3 is 10.2 Å². The number of hydrogen-bond acceptors (Lipinski definition) is 2. The molecule has 0 fully saturated rings. The van der Waals surface area contributed by atoms with Crippen LogP contribution < -0.4 is 0 Å². The molecule has 2 aromatic heterocycles. The van der Waals surface area contributed by atoms with Crippen molar-refractivity contribution in [2.75, 3.05) is 0 Å². The Hall–Kier alpha value is -1.64. The third-order valence-electron chi connectivity index (χ3n) is 3.26. The van der Waals surface area contributed by atoms with Gasteiger partial charge in [0.2, 0.25) is 0 Å². The van der Waals surface area contributed by atoms with Gasteiger partial charge in [0.05, 0.1) is 0 Å². The Balaban J connectivity index is 1.92. The van der Waals surface area contributed by atoms with E-state index in [1.54, 1.807) is 23.5 Å². The zero-order valence-electron chi connectivity index (χ0n) is 12.0. The molecule has 3 aromatic rings. The zero-order valence-corrected chi connectivity index (χ0v) is 14.5. The van der Waals surface area contributed by atoms with Crippen LogP contribution in [0.5, 0.6) is 0 Å². The molecule has 0 N–H and O–H groups in total. The molecule has 0 spiro atoms. The summed E-state index contributed by atoms with van der Waals surface area (Å²) in [6.07, 6.45) is 1.74. The molecule has 3 rings (SSSR count). The highest BCUT2D eigenvalue weighted by Gasteiger charge is 2.65. The monoisotopic (exact) mass is 394 g/mol. The van der Waals surface area contributed by atoms with Crippen LogP contribution in [0.4, 0.5) is 19.4 Å². The lowest BCUT2D eigenvalue weighted by Crippen LogP contribution is -2.05. The Morgan fingerprint density at radius 1 is 0.708 bits per heavy atom. The van der Waals surface area contributed by atoms with Gasteiger partial charge in [0.25, 0.3) is 0 Å². The van der Waals surface area contributed by atoms with Crippen LogP contribution in [0.1, 0.15) is 4.88 Å². The first-order valence-electron chi connectivity index (χ1n) is 6.63. The van der Waals surface area contributed by atoms with Crippen LogP contribution in [0.15, 0.2) is 60.0 Å². The summed E-state index contributed by atoms with van der Waals surface area (Å²) in [6.45, 7) is 3.69.